The fourth-order valence-corrected chi connectivity index (χ4v) is 2.80. The molecule has 0 unspecified atom stereocenters. The third-order valence-electron chi connectivity index (χ3n) is 2.78. The number of nitrogens with zero attached hydrogens (tertiary/aromatic N) is 1. The lowest BCUT2D eigenvalue weighted by Gasteiger charge is -2.22. The summed E-state index contributed by atoms with van der Waals surface area (Å²) < 4.78 is 29.9. The quantitative estimate of drug-likeness (QED) is 0.688. The molecule has 6 nitrogen and oxygen atoms in total. The molecule has 8 heteroatoms. The number of hydrogen-bond donors (Lipinski definition) is 1. The zero-order valence-electron chi connectivity index (χ0n) is 12.7. The lowest BCUT2D eigenvalue weighted by atomic mass is 10.3. The number of rotatable bonds is 9. The zero-order chi connectivity index (χ0) is 16.6. The average Bonchev–Trinajstić information content (AvgIpc) is 2.43. The van der Waals surface area contributed by atoms with E-state index in [2.05, 4.69) is 5.32 Å². The summed E-state index contributed by atoms with van der Waals surface area (Å²) in [5.41, 5.74) is 0.361. The van der Waals surface area contributed by atoms with Gasteiger partial charge in [0.05, 0.1) is 11.9 Å². The van der Waals surface area contributed by atoms with Crippen LogP contribution in [0.1, 0.15) is 13.3 Å². The van der Waals surface area contributed by atoms with Crippen LogP contribution in [-0.2, 0) is 19.6 Å². The molecule has 0 bridgehead atoms. The second-order valence-electron chi connectivity index (χ2n) is 4.65. The first-order chi connectivity index (χ1) is 10.3. The number of benzene rings is 1. The van der Waals surface area contributed by atoms with E-state index in [0.29, 0.717) is 36.9 Å². The molecule has 124 valence electrons. The molecule has 0 aromatic heterocycles. The van der Waals surface area contributed by atoms with E-state index in [-0.39, 0.29) is 12.5 Å². The Balaban J connectivity index is 2.65. The van der Waals surface area contributed by atoms with Crippen LogP contribution in [0.3, 0.4) is 0 Å². The molecule has 1 rings (SSSR count). The van der Waals surface area contributed by atoms with Gasteiger partial charge in [-0.1, -0.05) is 17.7 Å². The predicted octanol–water partition coefficient (Wildman–Crippen LogP) is 1.65. The molecule has 1 aromatic rings. The molecule has 0 saturated carbocycles. The van der Waals surface area contributed by atoms with Crippen LogP contribution in [0.15, 0.2) is 24.3 Å². The van der Waals surface area contributed by atoms with Gasteiger partial charge in [-0.3, -0.25) is 9.10 Å². The highest BCUT2D eigenvalue weighted by molar-refractivity contribution is 7.92. The second kappa shape index (κ2) is 8.97. The van der Waals surface area contributed by atoms with E-state index >= 15 is 0 Å². The third kappa shape index (κ3) is 6.64. The summed E-state index contributed by atoms with van der Waals surface area (Å²) in [5, 5.41) is 3.08. The summed E-state index contributed by atoms with van der Waals surface area (Å²) >= 11 is 5.87. The van der Waals surface area contributed by atoms with Crippen molar-refractivity contribution in [3.8, 4) is 0 Å². The van der Waals surface area contributed by atoms with Crippen LogP contribution in [-0.4, -0.2) is 46.9 Å². The van der Waals surface area contributed by atoms with Gasteiger partial charge in [0.25, 0.3) is 0 Å². The van der Waals surface area contributed by atoms with Crippen LogP contribution in [0.2, 0.25) is 5.02 Å². The van der Waals surface area contributed by atoms with E-state index in [1.165, 1.54) is 6.07 Å². The normalized spacial score (nSPS) is 11.2. The van der Waals surface area contributed by atoms with Gasteiger partial charge in [0.1, 0.15) is 6.54 Å². The minimum atomic E-state index is -3.58. The third-order valence-corrected chi connectivity index (χ3v) is 4.15. The molecule has 0 spiro atoms. The van der Waals surface area contributed by atoms with Crippen molar-refractivity contribution in [2.45, 2.75) is 13.3 Å². The van der Waals surface area contributed by atoms with Gasteiger partial charge in [-0.25, -0.2) is 8.42 Å². The fourth-order valence-electron chi connectivity index (χ4n) is 1.76. The Bertz CT molecular complexity index is 592. The first kappa shape index (κ1) is 18.7. The van der Waals surface area contributed by atoms with Gasteiger partial charge >= 0.3 is 0 Å². The Labute approximate surface area is 136 Å². The van der Waals surface area contributed by atoms with Crippen LogP contribution in [0.4, 0.5) is 5.69 Å². The van der Waals surface area contributed by atoms with Crippen LogP contribution in [0.5, 0.6) is 0 Å². The van der Waals surface area contributed by atoms with Gasteiger partial charge in [0.2, 0.25) is 15.9 Å². The maximum atomic E-state index is 11.9. The summed E-state index contributed by atoms with van der Waals surface area (Å²) in [6, 6.07) is 6.37. The maximum absolute atomic E-state index is 11.9. The Morgan fingerprint density at radius 2 is 2.14 bits per heavy atom. The van der Waals surface area contributed by atoms with Crippen molar-refractivity contribution in [1.82, 2.24) is 5.32 Å². The molecule has 0 aliphatic rings. The number of carbonyl (C=O) groups excluding carboxylic acids is 1. The highest BCUT2D eigenvalue weighted by Gasteiger charge is 2.20. The molecule has 0 saturated heterocycles. The number of ether oxygens (including phenoxy) is 1. The molecule has 1 amide bonds. The van der Waals surface area contributed by atoms with Crippen LogP contribution in [0.25, 0.3) is 0 Å². The Morgan fingerprint density at radius 3 is 2.73 bits per heavy atom. The average molecular weight is 349 g/mol. The van der Waals surface area contributed by atoms with Crippen molar-refractivity contribution in [2.24, 2.45) is 0 Å². The largest absolute Gasteiger partial charge is 0.382 e. The van der Waals surface area contributed by atoms with Gasteiger partial charge in [-0.05, 0) is 31.5 Å². The Kier molecular flexibility index (Phi) is 7.64. The second-order valence-corrected chi connectivity index (χ2v) is 6.99. The minimum absolute atomic E-state index is 0.284. The summed E-state index contributed by atoms with van der Waals surface area (Å²) in [5.74, 6) is -0.373. The summed E-state index contributed by atoms with van der Waals surface area (Å²) in [7, 11) is -3.58. The van der Waals surface area contributed by atoms with E-state index in [4.69, 9.17) is 16.3 Å². The first-order valence-corrected chi connectivity index (χ1v) is 9.15. The smallest absolute Gasteiger partial charge is 0.240 e. The molecule has 0 atom stereocenters. The Morgan fingerprint density at radius 1 is 1.41 bits per heavy atom. The number of hydrogen-bond acceptors (Lipinski definition) is 4. The van der Waals surface area contributed by atoms with Gasteiger partial charge in [-0.2, -0.15) is 0 Å². The lowest BCUT2D eigenvalue weighted by molar-refractivity contribution is -0.119. The summed E-state index contributed by atoms with van der Waals surface area (Å²) in [6.45, 7) is 3.23. The number of sulfonamides is 1. The van der Waals surface area contributed by atoms with Crippen LogP contribution < -0.4 is 9.62 Å². The van der Waals surface area contributed by atoms with Crippen LogP contribution >= 0.6 is 11.6 Å². The molecular weight excluding hydrogens is 328 g/mol. The van der Waals surface area contributed by atoms with Crippen LogP contribution in [0, 0.1) is 0 Å². The van der Waals surface area contributed by atoms with Crippen molar-refractivity contribution in [3.63, 3.8) is 0 Å². The minimum Gasteiger partial charge on any atom is -0.382 e. The molecule has 0 aliphatic heterocycles. The number of halogens is 1. The van der Waals surface area contributed by atoms with Gasteiger partial charge in [-0.15, -0.1) is 0 Å². The topological polar surface area (TPSA) is 75.7 Å². The van der Waals surface area contributed by atoms with E-state index < -0.39 is 10.0 Å². The van der Waals surface area contributed by atoms with E-state index in [1.54, 1.807) is 18.2 Å². The van der Waals surface area contributed by atoms with Crippen molar-refractivity contribution in [2.75, 3.05) is 36.9 Å². The molecule has 0 radical (unpaired) electrons. The maximum Gasteiger partial charge on any atom is 0.240 e. The number of nitrogens with one attached hydrogen (secondary N) is 1. The zero-order valence-corrected chi connectivity index (χ0v) is 14.3. The SMILES string of the molecule is CCOCCCNC(=O)CN(c1cccc(Cl)c1)S(C)(=O)=O. The molecule has 0 aliphatic carbocycles. The van der Waals surface area contributed by atoms with Crippen molar-refractivity contribution in [1.29, 1.82) is 0 Å². The molecule has 22 heavy (non-hydrogen) atoms. The summed E-state index contributed by atoms with van der Waals surface area (Å²) in [6.07, 6.45) is 1.73. The van der Waals surface area contributed by atoms with Gasteiger partial charge in [0, 0.05) is 24.8 Å². The monoisotopic (exact) mass is 348 g/mol. The van der Waals surface area contributed by atoms with E-state index in [0.717, 1.165) is 10.6 Å². The molecule has 1 aromatic carbocycles. The highest BCUT2D eigenvalue weighted by Crippen LogP contribution is 2.21. The van der Waals surface area contributed by atoms with E-state index in [9.17, 15) is 13.2 Å². The van der Waals surface area contributed by atoms with Crippen molar-refractivity contribution < 1.29 is 17.9 Å². The molecule has 0 heterocycles. The number of anilines is 1. The van der Waals surface area contributed by atoms with Crippen molar-refractivity contribution in [3.05, 3.63) is 29.3 Å². The van der Waals surface area contributed by atoms with Gasteiger partial charge < -0.3 is 10.1 Å². The standard InChI is InChI=1S/C14H21ClN2O4S/c1-3-21-9-5-8-16-14(18)11-17(22(2,19)20)13-7-4-6-12(15)10-13/h4,6-7,10H,3,5,8-9,11H2,1-2H3,(H,16,18). The predicted molar refractivity (Wildman–Crippen MR) is 87.8 cm³/mol. The number of amides is 1. The Hall–Kier alpha value is -1.31. The molecule has 0 fully saturated rings. The highest BCUT2D eigenvalue weighted by atomic mass is 35.5. The van der Waals surface area contributed by atoms with Crippen molar-refractivity contribution >= 4 is 33.2 Å². The first-order valence-electron chi connectivity index (χ1n) is 6.92. The molecule has 1 N–H and O–H groups in total. The summed E-state index contributed by atoms with van der Waals surface area (Å²) in [4.78, 5) is 11.9. The number of carbonyl (C=O) groups is 1. The fraction of sp³-hybridized carbons (Fsp3) is 0.500. The van der Waals surface area contributed by atoms with E-state index in [1.807, 2.05) is 6.92 Å². The molecular formula is C14H21ClN2O4S. The van der Waals surface area contributed by atoms with Gasteiger partial charge in [0.15, 0.2) is 0 Å². The lowest BCUT2D eigenvalue weighted by Crippen LogP contribution is -2.40.